The number of hydrogen-bond acceptors (Lipinski definition) is 7. The monoisotopic (exact) mass is 539 g/mol. The first-order valence-electron chi connectivity index (χ1n) is 12.8. The zero-order chi connectivity index (χ0) is 27.9. The minimum Gasteiger partial charge on any atom is -0.364 e. The van der Waals surface area contributed by atoms with Gasteiger partial charge < -0.3 is 4.52 Å². The molecule has 2 aromatic heterocycles. The third-order valence-corrected chi connectivity index (χ3v) is 9.07. The molecule has 0 bridgehead atoms. The lowest BCUT2D eigenvalue weighted by molar-refractivity contribution is 0.103. The van der Waals surface area contributed by atoms with Crippen molar-refractivity contribution in [2.45, 2.75) is 65.6 Å². The molecule has 3 rings (SSSR count). The molecule has 3 atom stereocenters. The Kier molecular flexibility index (Phi) is 16.4. The van der Waals surface area contributed by atoms with Crippen molar-refractivity contribution < 1.29 is 17.7 Å². The molecule has 3 unspecified atom stereocenters. The highest BCUT2D eigenvalue weighted by atomic mass is 32.2. The van der Waals surface area contributed by atoms with Gasteiger partial charge in [-0.2, -0.15) is 4.31 Å². The van der Waals surface area contributed by atoms with Crippen LogP contribution < -0.4 is 0 Å². The van der Waals surface area contributed by atoms with E-state index in [1.807, 2.05) is 60.6 Å². The van der Waals surface area contributed by atoms with Crippen molar-refractivity contribution in [2.24, 2.45) is 11.8 Å². The number of thiophene rings is 1. The second-order valence-corrected chi connectivity index (χ2v) is 10.8. The average molecular weight is 540 g/mol. The number of carbonyl (C=O) groups excluding carboxylic acids is 1. The number of aromatic nitrogens is 1. The van der Waals surface area contributed by atoms with E-state index in [1.54, 1.807) is 0 Å². The molecule has 0 aliphatic carbocycles. The van der Waals surface area contributed by atoms with Crippen LogP contribution in [0.25, 0.3) is 0 Å². The molecule has 204 valence electrons. The van der Waals surface area contributed by atoms with Crippen molar-refractivity contribution in [2.75, 3.05) is 26.2 Å². The second-order valence-electron chi connectivity index (χ2n) is 7.55. The number of hydrogen-bond donors (Lipinski definition) is 0. The van der Waals surface area contributed by atoms with Gasteiger partial charge >= 0.3 is 0 Å². The molecule has 0 spiro atoms. The first-order valence-corrected chi connectivity index (χ1v) is 15.1. The Bertz CT molecular complexity index is 1000. The largest absolute Gasteiger partial charge is 0.364 e. The molecule has 1 aliphatic heterocycles. The smallest absolute Gasteiger partial charge is 0.252 e. The standard InChI is InChI=1S/C21H27N3O4S2.3C2H6/c1-5-15(3)17(6-2)14-23-10-11-24(16(4)13-23)30(26,27)20-8-7-19(29-20)21(25)18-9-12-28-22-18;3*1-2/h5-9,12,15-17H,1-2,10-11,13-14H2,3-4H3;3*1-2H3. The number of nitrogens with zero attached hydrogens (tertiary/aromatic N) is 3. The van der Waals surface area contributed by atoms with Gasteiger partial charge in [-0.15, -0.1) is 24.5 Å². The van der Waals surface area contributed by atoms with Crippen molar-refractivity contribution in [3.8, 4) is 0 Å². The summed E-state index contributed by atoms with van der Waals surface area (Å²) in [4.78, 5) is 15.0. The van der Waals surface area contributed by atoms with E-state index in [-0.39, 0.29) is 27.6 Å². The fourth-order valence-electron chi connectivity index (χ4n) is 3.62. The highest BCUT2D eigenvalue weighted by Crippen LogP contribution is 2.29. The number of piperazine rings is 1. The van der Waals surface area contributed by atoms with E-state index in [4.69, 9.17) is 4.52 Å². The summed E-state index contributed by atoms with van der Waals surface area (Å²) in [6.45, 7) is 26.3. The summed E-state index contributed by atoms with van der Waals surface area (Å²) < 4.78 is 32.8. The molecule has 36 heavy (non-hydrogen) atoms. The lowest BCUT2D eigenvalue weighted by atomic mass is 9.93. The van der Waals surface area contributed by atoms with E-state index in [2.05, 4.69) is 30.1 Å². The van der Waals surface area contributed by atoms with E-state index < -0.39 is 10.0 Å². The fraction of sp³-hybridized carbons (Fsp3) is 0.556. The molecule has 3 heterocycles. The normalized spacial score (nSPS) is 17.6. The minimum atomic E-state index is -3.68. The molecule has 0 N–H and O–H groups in total. The predicted molar refractivity (Wildman–Crippen MR) is 151 cm³/mol. The lowest BCUT2D eigenvalue weighted by Gasteiger charge is -2.40. The molecule has 1 fully saturated rings. The van der Waals surface area contributed by atoms with Crippen molar-refractivity contribution in [1.29, 1.82) is 0 Å². The van der Waals surface area contributed by atoms with Gasteiger partial charge in [0.15, 0.2) is 5.69 Å². The molecule has 0 radical (unpaired) electrons. The third-order valence-electron chi connectivity index (χ3n) is 5.51. The zero-order valence-corrected chi connectivity index (χ0v) is 24.9. The molecule has 7 nitrogen and oxygen atoms in total. The van der Waals surface area contributed by atoms with Crippen LogP contribution in [0.2, 0.25) is 0 Å². The quantitative estimate of drug-likeness (QED) is 0.272. The Morgan fingerprint density at radius 2 is 1.78 bits per heavy atom. The highest BCUT2D eigenvalue weighted by molar-refractivity contribution is 7.91. The van der Waals surface area contributed by atoms with Gasteiger partial charge in [0.05, 0.1) is 4.88 Å². The van der Waals surface area contributed by atoms with Gasteiger partial charge in [-0.1, -0.05) is 65.8 Å². The molecule has 9 heteroatoms. The molecule has 0 saturated carbocycles. The van der Waals surface area contributed by atoms with E-state index >= 15 is 0 Å². The molecule has 1 saturated heterocycles. The van der Waals surface area contributed by atoms with E-state index in [9.17, 15) is 13.2 Å². The molecule has 0 amide bonds. The summed E-state index contributed by atoms with van der Waals surface area (Å²) in [7, 11) is -3.68. The minimum absolute atomic E-state index is 0.160. The van der Waals surface area contributed by atoms with Crippen LogP contribution in [0.5, 0.6) is 0 Å². The summed E-state index contributed by atoms with van der Waals surface area (Å²) in [6.07, 6.45) is 5.18. The Hall–Kier alpha value is -2.07. The van der Waals surface area contributed by atoms with Crippen molar-refractivity contribution in [3.63, 3.8) is 0 Å². The van der Waals surface area contributed by atoms with Crippen molar-refractivity contribution in [3.05, 3.63) is 60.3 Å². The van der Waals surface area contributed by atoms with Gasteiger partial charge in [-0.25, -0.2) is 8.42 Å². The van der Waals surface area contributed by atoms with Gasteiger partial charge in [-0.05, 0) is 30.9 Å². The lowest BCUT2D eigenvalue weighted by Crippen LogP contribution is -2.54. The molecular formula is C27H45N3O4S2. The van der Waals surface area contributed by atoms with Crippen LogP contribution in [0.4, 0.5) is 0 Å². The molecule has 0 aromatic carbocycles. The SMILES string of the molecule is C=CC(C)C(C=C)CN1CCN(S(=O)(=O)c2ccc(C(=O)c3ccon3)s2)C(C)C1.CC.CC.CC. The highest BCUT2D eigenvalue weighted by Gasteiger charge is 2.35. The van der Waals surface area contributed by atoms with Crippen molar-refractivity contribution >= 4 is 27.1 Å². The maximum Gasteiger partial charge on any atom is 0.252 e. The number of ketones is 1. The van der Waals surface area contributed by atoms with Gasteiger partial charge in [0.25, 0.3) is 10.0 Å². The second kappa shape index (κ2) is 17.4. The number of sulfonamides is 1. The Labute approximate surface area is 222 Å². The van der Waals surface area contributed by atoms with Crippen LogP contribution >= 0.6 is 11.3 Å². The first-order chi connectivity index (χ1) is 17.3. The average Bonchev–Trinajstić information content (AvgIpc) is 3.63. The van der Waals surface area contributed by atoms with E-state index in [0.29, 0.717) is 30.4 Å². The van der Waals surface area contributed by atoms with Crippen LogP contribution in [0.15, 0.2) is 58.5 Å². The first kappa shape index (κ1) is 33.9. The maximum absolute atomic E-state index is 13.2. The summed E-state index contributed by atoms with van der Waals surface area (Å²) >= 11 is 0.965. The van der Waals surface area contributed by atoms with Crippen LogP contribution in [0.1, 0.15) is 70.8 Å². The number of carbonyl (C=O) groups is 1. The molecular weight excluding hydrogens is 494 g/mol. The summed E-state index contributed by atoms with van der Waals surface area (Å²) in [5.74, 6) is 0.242. The number of rotatable bonds is 9. The van der Waals surface area contributed by atoms with E-state index in [0.717, 1.165) is 17.9 Å². The molecule has 1 aliphatic rings. The van der Waals surface area contributed by atoms with Gasteiger partial charge in [0.2, 0.25) is 5.78 Å². The van der Waals surface area contributed by atoms with Crippen LogP contribution in [-0.2, 0) is 10.0 Å². The fourth-order valence-corrected chi connectivity index (χ4v) is 6.62. The summed E-state index contributed by atoms with van der Waals surface area (Å²) in [6, 6.07) is 4.30. The third kappa shape index (κ3) is 8.80. The van der Waals surface area contributed by atoms with Gasteiger partial charge in [0, 0.05) is 38.3 Å². The van der Waals surface area contributed by atoms with Crippen LogP contribution in [0, 0.1) is 11.8 Å². The Morgan fingerprint density at radius 3 is 2.28 bits per heavy atom. The van der Waals surface area contributed by atoms with Crippen LogP contribution in [-0.4, -0.2) is 60.8 Å². The van der Waals surface area contributed by atoms with E-state index in [1.165, 1.54) is 28.8 Å². The number of allylic oxidation sites excluding steroid dienone is 1. The molecule has 2 aromatic rings. The Balaban J connectivity index is 0.00000190. The van der Waals surface area contributed by atoms with Gasteiger partial charge in [-0.3, -0.25) is 9.69 Å². The van der Waals surface area contributed by atoms with Gasteiger partial charge in [0.1, 0.15) is 10.5 Å². The summed E-state index contributed by atoms with van der Waals surface area (Å²) in [5.41, 5.74) is 0.160. The summed E-state index contributed by atoms with van der Waals surface area (Å²) in [5, 5.41) is 3.63. The van der Waals surface area contributed by atoms with Crippen molar-refractivity contribution in [1.82, 2.24) is 14.4 Å². The zero-order valence-electron chi connectivity index (χ0n) is 23.2. The van der Waals surface area contributed by atoms with Crippen LogP contribution in [0.3, 0.4) is 0 Å². The Morgan fingerprint density at radius 1 is 1.14 bits per heavy atom. The topological polar surface area (TPSA) is 83.7 Å². The predicted octanol–water partition coefficient (Wildman–Crippen LogP) is 6.36. The maximum atomic E-state index is 13.2.